The molecule has 1 N–H and O–H groups in total. The Hall–Kier alpha value is -2.36. The van der Waals surface area contributed by atoms with Crippen molar-refractivity contribution in [1.82, 2.24) is 5.06 Å². The molecule has 0 aliphatic carbocycles. The Labute approximate surface area is 117 Å². The lowest BCUT2D eigenvalue weighted by molar-refractivity contribution is -0.127. The predicted molar refractivity (Wildman–Crippen MR) is 75.0 cm³/mol. The Morgan fingerprint density at radius 3 is 2.90 bits per heavy atom. The van der Waals surface area contributed by atoms with Crippen LogP contribution < -0.4 is 0 Å². The van der Waals surface area contributed by atoms with Crippen LogP contribution in [0.5, 0.6) is 0 Å². The molecule has 0 fully saturated rings. The van der Waals surface area contributed by atoms with E-state index < -0.39 is 0 Å². The van der Waals surface area contributed by atoms with Crippen molar-refractivity contribution in [2.24, 2.45) is 5.16 Å². The Bertz CT molecular complexity index is 545. The third kappa shape index (κ3) is 3.57. The van der Waals surface area contributed by atoms with Crippen LogP contribution in [-0.2, 0) is 16.1 Å². The molecule has 20 heavy (non-hydrogen) atoms. The molecule has 1 aromatic carbocycles. The summed E-state index contributed by atoms with van der Waals surface area (Å²) in [4.78, 5) is 16.6. The number of hydrogen-bond donors (Lipinski definition) is 1. The molecule has 0 saturated carbocycles. The largest absolute Gasteiger partial charge is 0.411 e. The zero-order valence-electron chi connectivity index (χ0n) is 11.0. The first kappa shape index (κ1) is 14.1. The number of hydrogen-bond acceptors (Lipinski definition) is 5. The van der Waals surface area contributed by atoms with E-state index in [0.717, 1.165) is 12.8 Å². The summed E-state index contributed by atoms with van der Waals surface area (Å²) in [5.41, 5.74) is 1.96. The van der Waals surface area contributed by atoms with Gasteiger partial charge in [0, 0.05) is 12.1 Å². The maximum Gasteiger partial charge on any atom is 0.156 e. The van der Waals surface area contributed by atoms with Crippen LogP contribution in [0.4, 0.5) is 0 Å². The fraction of sp³-hybridized carbons (Fsp3) is 0.267. The molecule has 0 amide bonds. The van der Waals surface area contributed by atoms with E-state index in [1.54, 1.807) is 0 Å². The van der Waals surface area contributed by atoms with Crippen LogP contribution in [0.15, 0.2) is 52.8 Å². The number of hydroxylamine groups is 2. The number of benzene rings is 1. The van der Waals surface area contributed by atoms with E-state index in [1.807, 2.05) is 42.3 Å². The van der Waals surface area contributed by atoms with Gasteiger partial charge < -0.3 is 5.21 Å². The van der Waals surface area contributed by atoms with E-state index in [1.165, 1.54) is 16.8 Å². The minimum atomic E-state index is 0.266. The van der Waals surface area contributed by atoms with Gasteiger partial charge in [-0.25, -0.2) is 9.86 Å². The van der Waals surface area contributed by atoms with Crippen LogP contribution in [0.25, 0.3) is 0 Å². The molecule has 1 aromatic rings. The molecule has 0 unspecified atom stereocenters. The van der Waals surface area contributed by atoms with Gasteiger partial charge in [0.05, 0.1) is 12.8 Å². The van der Waals surface area contributed by atoms with Crippen molar-refractivity contribution in [2.45, 2.75) is 12.8 Å². The van der Waals surface area contributed by atoms with Crippen molar-refractivity contribution >= 4 is 12.2 Å². The molecule has 0 atom stereocenters. The van der Waals surface area contributed by atoms with E-state index in [0.29, 0.717) is 18.7 Å². The fourth-order valence-corrected chi connectivity index (χ4v) is 2.02. The quantitative estimate of drug-likeness (QED) is 0.385. The van der Waals surface area contributed by atoms with E-state index in [4.69, 9.17) is 10.0 Å². The Balaban J connectivity index is 1.93. The molecule has 0 radical (unpaired) electrons. The van der Waals surface area contributed by atoms with Gasteiger partial charge in [-0.3, -0.25) is 4.84 Å². The van der Waals surface area contributed by atoms with Crippen LogP contribution in [0.2, 0.25) is 0 Å². The van der Waals surface area contributed by atoms with Gasteiger partial charge in [0.2, 0.25) is 0 Å². The first-order chi connectivity index (χ1) is 9.85. The lowest BCUT2D eigenvalue weighted by Gasteiger charge is -2.27. The minimum Gasteiger partial charge on any atom is -0.411 e. The molecule has 5 heteroatoms. The van der Waals surface area contributed by atoms with Gasteiger partial charge in [0.25, 0.3) is 0 Å². The van der Waals surface area contributed by atoms with Crippen LogP contribution in [0.1, 0.15) is 12.0 Å². The van der Waals surface area contributed by atoms with E-state index >= 15 is 0 Å². The summed E-state index contributed by atoms with van der Waals surface area (Å²) >= 11 is 0. The predicted octanol–water partition coefficient (Wildman–Crippen LogP) is 1.97. The van der Waals surface area contributed by atoms with Gasteiger partial charge in [-0.15, -0.1) is 0 Å². The summed E-state index contributed by atoms with van der Waals surface area (Å²) in [7, 11) is 0. The highest BCUT2D eigenvalue weighted by Gasteiger charge is 2.19. The number of nitrogens with zero attached hydrogens (tertiary/aromatic N) is 2. The van der Waals surface area contributed by atoms with Gasteiger partial charge in [0.1, 0.15) is 0 Å². The topological polar surface area (TPSA) is 62.1 Å². The van der Waals surface area contributed by atoms with Crippen LogP contribution in [-0.4, -0.2) is 35.6 Å². The molecule has 1 aliphatic heterocycles. The summed E-state index contributed by atoms with van der Waals surface area (Å²) in [6, 6.07) is 9.98. The van der Waals surface area contributed by atoms with Gasteiger partial charge in [0.15, 0.2) is 11.6 Å². The molecule has 0 bridgehead atoms. The summed E-state index contributed by atoms with van der Waals surface area (Å²) < 4.78 is 0. The zero-order chi connectivity index (χ0) is 14.2. The van der Waals surface area contributed by atoms with E-state index in [2.05, 4.69) is 5.16 Å². The average Bonchev–Trinajstić information content (AvgIpc) is 2.49. The summed E-state index contributed by atoms with van der Waals surface area (Å²) in [6.45, 7) is 1.06. The maximum atomic E-state index is 11.0. The minimum absolute atomic E-state index is 0.266. The third-order valence-electron chi connectivity index (χ3n) is 2.99. The lowest BCUT2D eigenvalue weighted by Crippen LogP contribution is -2.30. The number of rotatable bonds is 5. The Morgan fingerprint density at radius 2 is 2.20 bits per heavy atom. The van der Waals surface area contributed by atoms with Gasteiger partial charge in [-0.2, -0.15) is 0 Å². The molecular formula is C15H16N2O3. The van der Waals surface area contributed by atoms with Gasteiger partial charge in [-0.1, -0.05) is 41.6 Å². The first-order valence-corrected chi connectivity index (χ1v) is 6.42. The second-order valence-corrected chi connectivity index (χ2v) is 4.31. The number of allylic oxidation sites excluding steroid dienone is 1. The molecule has 104 valence electrons. The lowest BCUT2D eigenvalue weighted by atomic mass is 10.1. The third-order valence-corrected chi connectivity index (χ3v) is 2.99. The standard InChI is InChI=1S/C15H16N2O3/c18-12-15-14(11-16-19)7-4-9-17(15)20-10-8-13-5-2-1-3-6-13/h1-3,5-7,11,19H,4,8-10H2. The Morgan fingerprint density at radius 1 is 1.40 bits per heavy atom. The second-order valence-electron chi connectivity index (χ2n) is 4.31. The highest BCUT2D eigenvalue weighted by atomic mass is 16.7. The van der Waals surface area contributed by atoms with Crippen molar-refractivity contribution < 1.29 is 14.8 Å². The molecule has 0 spiro atoms. The van der Waals surface area contributed by atoms with Crippen molar-refractivity contribution in [3.8, 4) is 0 Å². The molecule has 1 heterocycles. The van der Waals surface area contributed by atoms with Crippen molar-refractivity contribution in [3.63, 3.8) is 0 Å². The Kier molecular flexibility index (Phi) is 5.12. The van der Waals surface area contributed by atoms with Crippen LogP contribution in [0, 0.1) is 0 Å². The highest BCUT2D eigenvalue weighted by molar-refractivity contribution is 5.88. The van der Waals surface area contributed by atoms with Crippen molar-refractivity contribution in [1.29, 1.82) is 0 Å². The fourth-order valence-electron chi connectivity index (χ4n) is 2.02. The number of carbonyl (C=O) groups excluding carboxylic acids is 1. The van der Waals surface area contributed by atoms with Gasteiger partial charge >= 0.3 is 0 Å². The zero-order valence-corrected chi connectivity index (χ0v) is 11.0. The van der Waals surface area contributed by atoms with Crippen molar-refractivity contribution in [3.05, 3.63) is 53.2 Å². The molecule has 2 rings (SSSR count). The van der Waals surface area contributed by atoms with Gasteiger partial charge in [-0.05, 0) is 18.4 Å². The smallest absolute Gasteiger partial charge is 0.156 e. The highest BCUT2D eigenvalue weighted by Crippen LogP contribution is 2.18. The second kappa shape index (κ2) is 7.28. The SMILES string of the molecule is O=C=C1C(C=NO)=CCCN1OCCc1ccccc1. The molecule has 0 saturated heterocycles. The number of oxime groups is 1. The van der Waals surface area contributed by atoms with Crippen molar-refractivity contribution in [2.75, 3.05) is 13.2 Å². The monoisotopic (exact) mass is 272 g/mol. The average molecular weight is 272 g/mol. The summed E-state index contributed by atoms with van der Waals surface area (Å²) in [5.74, 6) is 1.83. The summed E-state index contributed by atoms with van der Waals surface area (Å²) in [5, 5.41) is 13.0. The van der Waals surface area contributed by atoms with Crippen LogP contribution >= 0.6 is 0 Å². The molecule has 1 aliphatic rings. The normalized spacial score (nSPS) is 15.3. The first-order valence-electron chi connectivity index (χ1n) is 6.42. The maximum absolute atomic E-state index is 11.0. The molecular weight excluding hydrogens is 256 g/mol. The van der Waals surface area contributed by atoms with E-state index in [-0.39, 0.29) is 5.70 Å². The van der Waals surface area contributed by atoms with Crippen LogP contribution in [0.3, 0.4) is 0 Å². The molecule has 5 nitrogen and oxygen atoms in total. The van der Waals surface area contributed by atoms with E-state index in [9.17, 15) is 4.79 Å². The summed E-state index contributed by atoms with van der Waals surface area (Å²) in [6.07, 6.45) is 4.51. The molecule has 0 aromatic heterocycles.